The summed E-state index contributed by atoms with van der Waals surface area (Å²) in [6.07, 6.45) is 3.11. The second kappa shape index (κ2) is 4.33. The molecule has 0 saturated heterocycles. The van der Waals surface area contributed by atoms with Crippen molar-refractivity contribution in [3.05, 3.63) is 35.1 Å². The number of hydrogen-bond acceptors (Lipinski definition) is 1. The Bertz CT molecular complexity index is 400. The van der Waals surface area contributed by atoms with Crippen molar-refractivity contribution >= 4 is 0 Å². The molecule has 1 aliphatic carbocycles. The second-order valence-corrected chi connectivity index (χ2v) is 4.90. The Hall–Kier alpha value is -1.03. The lowest BCUT2D eigenvalue weighted by Gasteiger charge is -2.34. The Morgan fingerprint density at radius 2 is 1.59 bits per heavy atom. The van der Waals surface area contributed by atoms with E-state index in [1.807, 2.05) is 0 Å². The molecule has 0 radical (unpaired) electrons. The van der Waals surface area contributed by atoms with Gasteiger partial charge in [-0.3, -0.25) is 0 Å². The highest BCUT2D eigenvalue weighted by Gasteiger charge is 2.43. The Kier molecular flexibility index (Phi) is 3.17. The number of nitrogens with two attached hydrogens (primary N) is 1. The summed E-state index contributed by atoms with van der Waals surface area (Å²) in [5.74, 6) is -2.52. The summed E-state index contributed by atoms with van der Waals surface area (Å²) in [6.45, 7) is 1.76. The van der Waals surface area contributed by atoms with Gasteiger partial charge in [0.2, 0.25) is 0 Å². The molecule has 1 aliphatic rings. The van der Waals surface area contributed by atoms with E-state index in [0.717, 1.165) is 25.0 Å². The maximum Gasteiger partial charge on any atom is 0.132 e. The van der Waals surface area contributed by atoms with Gasteiger partial charge in [0.1, 0.15) is 17.5 Å². The van der Waals surface area contributed by atoms with Crippen molar-refractivity contribution in [3.63, 3.8) is 0 Å². The Labute approximate surface area is 98.8 Å². The van der Waals surface area contributed by atoms with Gasteiger partial charge >= 0.3 is 0 Å². The summed E-state index contributed by atoms with van der Waals surface area (Å²) in [6, 6.07) is 1.13. The van der Waals surface area contributed by atoms with E-state index in [2.05, 4.69) is 0 Å². The number of halogens is 3. The van der Waals surface area contributed by atoms with Crippen molar-refractivity contribution in [1.82, 2.24) is 0 Å². The zero-order valence-corrected chi connectivity index (χ0v) is 9.77. The third-order valence-corrected chi connectivity index (χ3v) is 3.87. The smallest absolute Gasteiger partial charge is 0.132 e. The fraction of sp³-hybridized carbons (Fsp3) is 0.538. The highest BCUT2D eigenvalue weighted by molar-refractivity contribution is 5.32. The Morgan fingerprint density at radius 1 is 1.12 bits per heavy atom. The highest BCUT2D eigenvalue weighted by Crippen LogP contribution is 2.45. The van der Waals surface area contributed by atoms with E-state index < -0.39 is 22.9 Å². The Morgan fingerprint density at radius 3 is 2.00 bits per heavy atom. The fourth-order valence-electron chi connectivity index (χ4n) is 2.96. The molecule has 0 aromatic heterocycles. The predicted molar refractivity (Wildman–Crippen MR) is 60.1 cm³/mol. The average molecular weight is 243 g/mol. The van der Waals surface area contributed by atoms with E-state index >= 15 is 0 Å². The van der Waals surface area contributed by atoms with Crippen molar-refractivity contribution in [1.29, 1.82) is 0 Å². The molecule has 1 aromatic rings. The van der Waals surface area contributed by atoms with Crippen molar-refractivity contribution in [2.45, 2.75) is 44.1 Å². The first-order chi connectivity index (χ1) is 7.97. The van der Waals surface area contributed by atoms with Gasteiger partial charge in [0.25, 0.3) is 0 Å². The molecule has 1 atom stereocenters. The van der Waals surface area contributed by atoms with Crippen LogP contribution in [0.1, 0.15) is 38.2 Å². The van der Waals surface area contributed by atoms with Crippen LogP contribution in [-0.2, 0) is 5.41 Å². The molecule has 0 bridgehead atoms. The normalized spacial score (nSPS) is 20.5. The monoisotopic (exact) mass is 243 g/mol. The molecule has 0 spiro atoms. The maximum absolute atomic E-state index is 13.8. The van der Waals surface area contributed by atoms with E-state index in [0.29, 0.717) is 12.8 Å². The van der Waals surface area contributed by atoms with Gasteiger partial charge in [0.15, 0.2) is 0 Å². The molecular weight excluding hydrogens is 227 g/mol. The fourth-order valence-corrected chi connectivity index (χ4v) is 2.96. The minimum Gasteiger partial charge on any atom is -0.327 e. The van der Waals surface area contributed by atoms with Gasteiger partial charge in [0, 0.05) is 29.2 Å². The quantitative estimate of drug-likeness (QED) is 0.847. The molecule has 1 saturated carbocycles. The summed E-state index contributed by atoms with van der Waals surface area (Å²) >= 11 is 0. The van der Waals surface area contributed by atoms with Crippen LogP contribution < -0.4 is 5.73 Å². The van der Waals surface area contributed by atoms with Gasteiger partial charge in [-0.05, 0) is 19.8 Å². The molecule has 4 heteroatoms. The van der Waals surface area contributed by atoms with Crippen LogP contribution in [0.4, 0.5) is 13.2 Å². The third kappa shape index (κ3) is 1.95. The van der Waals surface area contributed by atoms with Crippen molar-refractivity contribution in [2.24, 2.45) is 5.73 Å². The Balaban J connectivity index is 2.58. The van der Waals surface area contributed by atoms with Crippen molar-refractivity contribution in [2.75, 3.05) is 0 Å². The molecule has 1 fully saturated rings. The largest absolute Gasteiger partial charge is 0.327 e. The highest BCUT2D eigenvalue weighted by atomic mass is 19.1. The van der Waals surface area contributed by atoms with Gasteiger partial charge < -0.3 is 5.73 Å². The lowest BCUT2D eigenvalue weighted by molar-refractivity contribution is 0.334. The number of benzene rings is 1. The first kappa shape index (κ1) is 12.4. The van der Waals surface area contributed by atoms with Gasteiger partial charge in [-0.2, -0.15) is 0 Å². The maximum atomic E-state index is 13.8. The van der Waals surface area contributed by atoms with Crippen LogP contribution in [0.2, 0.25) is 0 Å². The lowest BCUT2D eigenvalue weighted by atomic mass is 9.73. The molecule has 94 valence electrons. The minimum absolute atomic E-state index is 0.0357. The zero-order chi connectivity index (χ0) is 12.6. The topological polar surface area (TPSA) is 26.0 Å². The summed E-state index contributed by atoms with van der Waals surface area (Å²) in [5.41, 5.74) is 5.20. The summed E-state index contributed by atoms with van der Waals surface area (Å²) in [4.78, 5) is 0. The van der Waals surface area contributed by atoms with Gasteiger partial charge in [0.05, 0.1) is 0 Å². The third-order valence-electron chi connectivity index (χ3n) is 3.87. The van der Waals surface area contributed by atoms with Gasteiger partial charge in [-0.1, -0.05) is 12.8 Å². The van der Waals surface area contributed by atoms with Gasteiger partial charge in [-0.15, -0.1) is 0 Å². The lowest BCUT2D eigenvalue weighted by Crippen LogP contribution is -2.42. The average Bonchev–Trinajstić information content (AvgIpc) is 2.66. The first-order valence-electron chi connectivity index (χ1n) is 5.88. The minimum atomic E-state index is -0.887. The molecular formula is C13H16F3N. The molecule has 2 N–H and O–H groups in total. The van der Waals surface area contributed by atoms with Crippen molar-refractivity contribution < 1.29 is 13.2 Å². The van der Waals surface area contributed by atoms with E-state index in [1.54, 1.807) is 6.92 Å². The summed E-state index contributed by atoms with van der Waals surface area (Å²) < 4.78 is 40.6. The van der Waals surface area contributed by atoms with Crippen LogP contribution in [-0.4, -0.2) is 6.04 Å². The van der Waals surface area contributed by atoms with Crippen LogP contribution >= 0.6 is 0 Å². The summed E-state index contributed by atoms with van der Waals surface area (Å²) in [7, 11) is 0. The molecule has 1 aromatic carbocycles. The van der Waals surface area contributed by atoms with Crippen LogP contribution in [0.3, 0.4) is 0 Å². The van der Waals surface area contributed by atoms with E-state index in [1.165, 1.54) is 0 Å². The molecule has 1 nitrogen and oxygen atoms in total. The molecule has 2 rings (SSSR count). The zero-order valence-electron chi connectivity index (χ0n) is 9.77. The summed E-state index contributed by atoms with van der Waals surface area (Å²) in [5, 5.41) is 0. The predicted octanol–water partition coefficient (Wildman–Crippen LogP) is 3.26. The van der Waals surface area contributed by atoms with E-state index in [9.17, 15) is 13.2 Å². The molecule has 17 heavy (non-hydrogen) atoms. The van der Waals surface area contributed by atoms with Crippen molar-refractivity contribution in [3.8, 4) is 0 Å². The van der Waals surface area contributed by atoms with Crippen LogP contribution in [0.5, 0.6) is 0 Å². The van der Waals surface area contributed by atoms with Crippen LogP contribution in [0, 0.1) is 17.5 Å². The molecule has 0 aliphatic heterocycles. The van der Waals surface area contributed by atoms with Gasteiger partial charge in [-0.25, -0.2) is 13.2 Å². The van der Waals surface area contributed by atoms with Crippen LogP contribution in [0.25, 0.3) is 0 Å². The second-order valence-electron chi connectivity index (χ2n) is 4.90. The van der Waals surface area contributed by atoms with E-state index in [-0.39, 0.29) is 11.6 Å². The number of hydrogen-bond donors (Lipinski definition) is 1. The molecule has 0 amide bonds. The number of rotatable bonds is 2. The molecule has 1 unspecified atom stereocenters. The standard InChI is InChI=1S/C13H16F3N/c1-8(17)13(4-2-3-5-13)12-10(15)6-9(14)7-11(12)16/h6-8H,2-5,17H2,1H3. The first-order valence-corrected chi connectivity index (χ1v) is 5.88. The molecule has 0 heterocycles. The van der Waals surface area contributed by atoms with Crippen LogP contribution in [0.15, 0.2) is 12.1 Å². The SMILES string of the molecule is CC(N)C1(c2c(F)cc(F)cc2F)CCCC1. The van der Waals surface area contributed by atoms with E-state index in [4.69, 9.17) is 5.73 Å².